The van der Waals surface area contributed by atoms with E-state index in [9.17, 15) is 0 Å². The van der Waals surface area contributed by atoms with Crippen molar-refractivity contribution < 1.29 is 0 Å². The molecule has 0 fully saturated rings. The minimum atomic E-state index is 0.485. The molecule has 16 heavy (non-hydrogen) atoms. The summed E-state index contributed by atoms with van der Waals surface area (Å²) in [4.78, 5) is 0. The molecule has 0 aromatic rings. The minimum Gasteiger partial charge on any atom is -0.0654 e. The normalized spacial score (nSPS) is 17.2. The highest BCUT2D eigenvalue weighted by molar-refractivity contribution is 4.83. The average Bonchev–Trinajstić information content (AvgIpc) is 2.15. The van der Waals surface area contributed by atoms with Crippen LogP contribution in [0.3, 0.4) is 0 Å². The molecule has 2 atom stereocenters. The molecule has 0 heterocycles. The third kappa shape index (κ3) is 4.47. The van der Waals surface area contributed by atoms with E-state index in [-0.39, 0.29) is 0 Å². The van der Waals surface area contributed by atoms with E-state index in [0.717, 1.165) is 11.8 Å². The molecule has 0 rings (SSSR count). The van der Waals surface area contributed by atoms with Crippen molar-refractivity contribution in [1.29, 1.82) is 0 Å². The lowest BCUT2D eigenvalue weighted by molar-refractivity contribution is 0.104. The Labute approximate surface area is 104 Å². The predicted octanol–water partition coefficient (Wildman–Crippen LogP) is 5.91. The molecular formula is C16H34. The molecule has 0 aromatic heterocycles. The van der Waals surface area contributed by atoms with Crippen LogP contribution in [0.25, 0.3) is 0 Å². The Morgan fingerprint density at radius 3 is 1.69 bits per heavy atom. The predicted molar refractivity (Wildman–Crippen MR) is 75.7 cm³/mol. The monoisotopic (exact) mass is 226 g/mol. The second kappa shape index (κ2) is 6.07. The first kappa shape index (κ1) is 16.0. The van der Waals surface area contributed by atoms with Gasteiger partial charge in [0.1, 0.15) is 0 Å². The fraction of sp³-hybridized carbons (Fsp3) is 1.00. The van der Waals surface area contributed by atoms with Crippen molar-refractivity contribution >= 4 is 0 Å². The number of hydrogen-bond donors (Lipinski definition) is 0. The molecule has 0 radical (unpaired) electrons. The Hall–Kier alpha value is 0. The van der Waals surface area contributed by atoms with Crippen LogP contribution in [0.5, 0.6) is 0 Å². The van der Waals surface area contributed by atoms with Crippen molar-refractivity contribution in [1.82, 2.24) is 0 Å². The van der Waals surface area contributed by atoms with Gasteiger partial charge in [-0.15, -0.1) is 0 Å². The molecule has 0 aliphatic carbocycles. The van der Waals surface area contributed by atoms with E-state index in [1.54, 1.807) is 0 Å². The molecule has 0 nitrogen and oxygen atoms in total. The number of hydrogen-bond acceptors (Lipinski definition) is 0. The van der Waals surface area contributed by atoms with E-state index in [2.05, 4.69) is 55.4 Å². The second-order valence-electron chi connectivity index (χ2n) is 7.14. The number of rotatable bonds is 7. The zero-order chi connectivity index (χ0) is 13.0. The summed E-state index contributed by atoms with van der Waals surface area (Å²) in [6, 6.07) is 0. The molecule has 0 aromatic carbocycles. The molecule has 0 heteroatoms. The molecule has 0 unspecified atom stereocenters. The van der Waals surface area contributed by atoms with Gasteiger partial charge in [0.25, 0.3) is 0 Å². The van der Waals surface area contributed by atoms with Crippen molar-refractivity contribution in [2.75, 3.05) is 0 Å². The summed E-state index contributed by atoms with van der Waals surface area (Å²) >= 11 is 0. The topological polar surface area (TPSA) is 0 Å². The molecule has 0 spiro atoms. The zero-order valence-electron chi connectivity index (χ0n) is 13.0. The molecule has 98 valence electrons. The largest absolute Gasteiger partial charge is 0.0654 e. The fourth-order valence-electron chi connectivity index (χ4n) is 2.71. The Morgan fingerprint density at radius 2 is 1.31 bits per heavy atom. The summed E-state index contributed by atoms with van der Waals surface area (Å²) in [5, 5.41) is 0. The van der Waals surface area contributed by atoms with Crippen LogP contribution >= 0.6 is 0 Å². The van der Waals surface area contributed by atoms with Gasteiger partial charge < -0.3 is 0 Å². The van der Waals surface area contributed by atoms with Gasteiger partial charge in [0, 0.05) is 0 Å². The third-order valence-corrected chi connectivity index (χ3v) is 5.01. The van der Waals surface area contributed by atoms with Crippen molar-refractivity contribution in [3.63, 3.8) is 0 Å². The fourth-order valence-corrected chi connectivity index (χ4v) is 2.71. The summed E-state index contributed by atoms with van der Waals surface area (Å²) in [5.74, 6) is 1.64. The van der Waals surface area contributed by atoms with Gasteiger partial charge in [-0.05, 0) is 35.5 Å². The SMILES string of the molecule is CCCC(C)(C)[C@@H](C)CC(C)(C)[C@H](C)CC. The van der Waals surface area contributed by atoms with Gasteiger partial charge in [0.05, 0.1) is 0 Å². The maximum absolute atomic E-state index is 2.44. The minimum absolute atomic E-state index is 0.485. The van der Waals surface area contributed by atoms with Crippen molar-refractivity contribution in [3.8, 4) is 0 Å². The maximum Gasteiger partial charge on any atom is -0.0326 e. The van der Waals surface area contributed by atoms with E-state index in [0.29, 0.717) is 10.8 Å². The van der Waals surface area contributed by atoms with Gasteiger partial charge >= 0.3 is 0 Å². The van der Waals surface area contributed by atoms with Crippen molar-refractivity contribution in [3.05, 3.63) is 0 Å². The molecule has 0 saturated heterocycles. The van der Waals surface area contributed by atoms with Gasteiger partial charge in [-0.25, -0.2) is 0 Å². The second-order valence-corrected chi connectivity index (χ2v) is 7.14. The van der Waals surface area contributed by atoms with E-state index in [4.69, 9.17) is 0 Å². The van der Waals surface area contributed by atoms with Crippen LogP contribution in [0.4, 0.5) is 0 Å². The van der Waals surface area contributed by atoms with Crippen LogP contribution in [-0.2, 0) is 0 Å². The van der Waals surface area contributed by atoms with Crippen LogP contribution in [-0.4, -0.2) is 0 Å². The molecule has 0 aliphatic heterocycles. The molecular weight excluding hydrogens is 192 g/mol. The van der Waals surface area contributed by atoms with E-state index in [1.165, 1.54) is 25.7 Å². The first-order valence-corrected chi connectivity index (χ1v) is 7.17. The summed E-state index contributed by atoms with van der Waals surface area (Å²) < 4.78 is 0. The van der Waals surface area contributed by atoms with Gasteiger partial charge in [-0.3, -0.25) is 0 Å². The summed E-state index contributed by atoms with van der Waals surface area (Å²) in [6.45, 7) is 19.2. The molecule has 0 bridgehead atoms. The van der Waals surface area contributed by atoms with Crippen LogP contribution < -0.4 is 0 Å². The lowest BCUT2D eigenvalue weighted by Crippen LogP contribution is -2.30. The smallest absolute Gasteiger partial charge is 0.0326 e. The maximum atomic E-state index is 2.44. The van der Waals surface area contributed by atoms with Gasteiger partial charge in [-0.2, -0.15) is 0 Å². The van der Waals surface area contributed by atoms with Gasteiger partial charge in [-0.1, -0.05) is 68.2 Å². The zero-order valence-corrected chi connectivity index (χ0v) is 13.0. The van der Waals surface area contributed by atoms with Crippen LogP contribution in [0.15, 0.2) is 0 Å². The standard InChI is InChI=1S/C16H34/c1-9-11-15(5,6)14(4)12-16(7,8)13(3)10-2/h13-14H,9-12H2,1-8H3/t13-,14+/m1/s1. The van der Waals surface area contributed by atoms with Gasteiger partial charge in [0.2, 0.25) is 0 Å². The van der Waals surface area contributed by atoms with Crippen LogP contribution in [0.2, 0.25) is 0 Å². The molecule has 0 amide bonds. The van der Waals surface area contributed by atoms with E-state index < -0.39 is 0 Å². The molecule has 0 aliphatic rings. The summed E-state index contributed by atoms with van der Waals surface area (Å²) in [7, 11) is 0. The third-order valence-electron chi connectivity index (χ3n) is 5.01. The molecule has 0 N–H and O–H groups in total. The Balaban J connectivity index is 4.48. The van der Waals surface area contributed by atoms with Gasteiger partial charge in [0.15, 0.2) is 0 Å². The summed E-state index contributed by atoms with van der Waals surface area (Å²) in [5.41, 5.74) is 0.985. The summed E-state index contributed by atoms with van der Waals surface area (Å²) in [6.07, 6.45) is 5.31. The highest BCUT2D eigenvalue weighted by Crippen LogP contribution is 2.43. The highest BCUT2D eigenvalue weighted by atomic mass is 14.4. The lowest BCUT2D eigenvalue weighted by atomic mass is 9.65. The van der Waals surface area contributed by atoms with Crippen LogP contribution in [0, 0.1) is 22.7 Å². The van der Waals surface area contributed by atoms with Crippen molar-refractivity contribution in [2.45, 2.75) is 81.1 Å². The Bertz CT molecular complexity index is 188. The Morgan fingerprint density at radius 1 is 0.812 bits per heavy atom. The lowest BCUT2D eigenvalue weighted by Gasteiger charge is -2.40. The first-order chi connectivity index (χ1) is 7.17. The van der Waals surface area contributed by atoms with E-state index in [1.807, 2.05) is 0 Å². The first-order valence-electron chi connectivity index (χ1n) is 7.17. The molecule has 0 saturated carbocycles. The van der Waals surface area contributed by atoms with Crippen LogP contribution in [0.1, 0.15) is 81.1 Å². The highest BCUT2D eigenvalue weighted by Gasteiger charge is 2.32. The average molecular weight is 226 g/mol. The quantitative estimate of drug-likeness (QED) is 0.506. The Kier molecular flexibility index (Phi) is 6.07. The van der Waals surface area contributed by atoms with Crippen molar-refractivity contribution in [2.24, 2.45) is 22.7 Å². The van der Waals surface area contributed by atoms with E-state index >= 15 is 0 Å².